The van der Waals surface area contributed by atoms with Gasteiger partial charge < -0.3 is 14.9 Å². The van der Waals surface area contributed by atoms with Crippen molar-refractivity contribution in [3.8, 4) is 0 Å². The second-order valence-corrected chi connectivity index (χ2v) is 5.77. The molecule has 1 N–H and O–H groups in total. The standard InChI is InChI=1S/C17H17F3N2O2/c18-17(19,20)14-3-1-13-10-15(4-2-12(13)9-14)21-5-7-22(8-6-21)16(24)11-23/h1-4,9-10,23H,5-8,11H2. The lowest BCUT2D eigenvalue weighted by molar-refractivity contribution is -0.137. The van der Waals surface area contributed by atoms with Gasteiger partial charge in [-0.25, -0.2) is 0 Å². The van der Waals surface area contributed by atoms with Crippen LogP contribution in [-0.4, -0.2) is 48.7 Å². The number of benzene rings is 2. The van der Waals surface area contributed by atoms with E-state index >= 15 is 0 Å². The number of carbonyl (C=O) groups is 1. The zero-order valence-electron chi connectivity index (χ0n) is 12.9. The summed E-state index contributed by atoms with van der Waals surface area (Å²) >= 11 is 0. The molecular weight excluding hydrogens is 321 g/mol. The van der Waals surface area contributed by atoms with E-state index in [4.69, 9.17) is 5.11 Å². The first-order chi connectivity index (χ1) is 11.4. The molecule has 0 bridgehead atoms. The summed E-state index contributed by atoms with van der Waals surface area (Å²) in [5, 5.41) is 10.2. The fourth-order valence-corrected chi connectivity index (χ4v) is 2.92. The number of amides is 1. The number of anilines is 1. The quantitative estimate of drug-likeness (QED) is 0.915. The van der Waals surface area contributed by atoms with E-state index in [1.165, 1.54) is 6.07 Å². The fourth-order valence-electron chi connectivity index (χ4n) is 2.92. The Morgan fingerprint density at radius 1 is 1.00 bits per heavy atom. The van der Waals surface area contributed by atoms with Gasteiger partial charge in [0.05, 0.1) is 5.56 Å². The average molecular weight is 338 g/mol. The molecule has 128 valence electrons. The number of hydrogen-bond donors (Lipinski definition) is 1. The highest BCUT2D eigenvalue weighted by molar-refractivity contribution is 5.86. The first-order valence-electron chi connectivity index (χ1n) is 7.63. The SMILES string of the molecule is O=C(CO)N1CCN(c2ccc3cc(C(F)(F)F)ccc3c2)CC1. The normalized spacial score (nSPS) is 15.8. The van der Waals surface area contributed by atoms with Gasteiger partial charge in [-0.1, -0.05) is 12.1 Å². The zero-order chi connectivity index (χ0) is 17.3. The predicted octanol–water partition coefficient (Wildman–Crippen LogP) is 2.50. The molecule has 1 aliphatic rings. The minimum Gasteiger partial charge on any atom is -0.387 e. The van der Waals surface area contributed by atoms with E-state index < -0.39 is 18.3 Å². The Balaban J connectivity index is 1.78. The molecular formula is C17H17F3N2O2. The Hall–Kier alpha value is -2.28. The summed E-state index contributed by atoms with van der Waals surface area (Å²) in [7, 11) is 0. The summed E-state index contributed by atoms with van der Waals surface area (Å²) in [5.41, 5.74) is 0.261. The van der Waals surface area contributed by atoms with Crippen molar-refractivity contribution in [3.05, 3.63) is 42.0 Å². The van der Waals surface area contributed by atoms with E-state index in [1.54, 1.807) is 17.0 Å². The molecule has 0 saturated carbocycles. The molecule has 1 amide bonds. The van der Waals surface area contributed by atoms with Crippen molar-refractivity contribution >= 4 is 22.4 Å². The summed E-state index contributed by atoms with van der Waals surface area (Å²) in [6.45, 7) is 1.79. The highest BCUT2D eigenvalue weighted by Crippen LogP contribution is 2.32. The van der Waals surface area contributed by atoms with Crippen LogP contribution < -0.4 is 4.90 Å². The van der Waals surface area contributed by atoms with Crippen LogP contribution in [0.15, 0.2) is 36.4 Å². The summed E-state index contributed by atoms with van der Waals surface area (Å²) in [4.78, 5) is 15.1. The molecule has 2 aromatic carbocycles. The van der Waals surface area contributed by atoms with Crippen molar-refractivity contribution in [2.75, 3.05) is 37.7 Å². The molecule has 1 fully saturated rings. The topological polar surface area (TPSA) is 43.8 Å². The van der Waals surface area contributed by atoms with Gasteiger partial charge in [0.15, 0.2) is 0 Å². The Bertz CT molecular complexity index is 753. The molecule has 4 nitrogen and oxygen atoms in total. The van der Waals surface area contributed by atoms with Crippen LogP contribution in [0, 0.1) is 0 Å². The smallest absolute Gasteiger partial charge is 0.387 e. The number of hydrogen-bond acceptors (Lipinski definition) is 3. The van der Waals surface area contributed by atoms with Gasteiger partial charge in [-0.2, -0.15) is 13.2 Å². The van der Waals surface area contributed by atoms with Crippen LogP contribution in [0.3, 0.4) is 0 Å². The molecule has 3 rings (SSSR count). The molecule has 0 aromatic heterocycles. The Kier molecular flexibility index (Phi) is 4.36. The van der Waals surface area contributed by atoms with E-state index in [1.807, 2.05) is 6.07 Å². The van der Waals surface area contributed by atoms with Gasteiger partial charge in [-0.05, 0) is 35.0 Å². The van der Waals surface area contributed by atoms with Crippen molar-refractivity contribution < 1.29 is 23.1 Å². The lowest BCUT2D eigenvalue weighted by atomic mass is 10.1. The predicted molar refractivity (Wildman–Crippen MR) is 84.8 cm³/mol. The monoisotopic (exact) mass is 338 g/mol. The maximum Gasteiger partial charge on any atom is 0.416 e. The van der Waals surface area contributed by atoms with Gasteiger partial charge in [0.1, 0.15) is 6.61 Å². The Labute approximate surface area is 137 Å². The summed E-state index contributed by atoms with van der Waals surface area (Å²) < 4.78 is 38.3. The molecule has 1 saturated heterocycles. The summed E-state index contributed by atoms with van der Waals surface area (Å²) in [6.07, 6.45) is -4.34. The van der Waals surface area contributed by atoms with E-state index in [9.17, 15) is 18.0 Å². The molecule has 7 heteroatoms. The number of halogens is 3. The fraction of sp³-hybridized carbons (Fsp3) is 0.353. The molecule has 0 unspecified atom stereocenters. The molecule has 1 aliphatic heterocycles. The van der Waals surface area contributed by atoms with E-state index in [0.717, 1.165) is 23.2 Å². The van der Waals surface area contributed by atoms with Gasteiger partial charge in [-0.3, -0.25) is 4.79 Å². The molecule has 2 aromatic rings. The number of piperazine rings is 1. The van der Waals surface area contributed by atoms with Gasteiger partial charge in [0.2, 0.25) is 5.91 Å². The first-order valence-corrected chi connectivity index (χ1v) is 7.63. The van der Waals surface area contributed by atoms with E-state index in [2.05, 4.69) is 4.90 Å². The molecule has 24 heavy (non-hydrogen) atoms. The maximum atomic E-state index is 12.8. The van der Waals surface area contributed by atoms with Gasteiger partial charge in [-0.15, -0.1) is 0 Å². The second kappa shape index (κ2) is 6.32. The third kappa shape index (κ3) is 3.31. The van der Waals surface area contributed by atoms with Crippen LogP contribution >= 0.6 is 0 Å². The molecule has 1 heterocycles. The van der Waals surface area contributed by atoms with Crippen molar-refractivity contribution in [3.63, 3.8) is 0 Å². The van der Waals surface area contributed by atoms with Crippen LogP contribution in [0.4, 0.5) is 18.9 Å². The molecule has 0 radical (unpaired) electrons. The summed E-state index contributed by atoms with van der Waals surface area (Å²) in [6, 6.07) is 9.06. The lowest BCUT2D eigenvalue weighted by Gasteiger charge is -2.36. The zero-order valence-corrected chi connectivity index (χ0v) is 12.9. The number of alkyl halides is 3. The van der Waals surface area contributed by atoms with Gasteiger partial charge in [0.25, 0.3) is 0 Å². The van der Waals surface area contributed by atoms with Gasteiger partial charge >= 0.3 is 6.18 Å². The third-order valence-corrected chi connectivity index (χ3v) is 4.28. The summed E-state index contributed by atoms with van der Waals surface area (Å²) in [5.74, 6) is -0.284. The van der Waals surface area contributed by atoms with E-state index in [0.29, 0.717) is 31.6 Å². The highest BCUT2D eigenvalue weighted by Gasteiger charge is 2.30. The molecule has 0 aliphatic carbocycles. The minimum absolute atomic E-state index is 0.284. The Morgan fingerprint density at radius 3 is 2.25 bits per heavy atom. The van der Waals surface area contributed by atoms with Crippen LogP contribution in [0.5, 0.6) is 0 Å². The number of carbonyl (C=O) groups excluding carboxylic acids is 1. The number of aliphatic hydroxyl groups excluding tert-OH is 1. The van der Waals surface area contributed by atoms with Crippen LogP contribution in [-0.2, 0) is 11.0 Å². The maximum absolute atomic E-state index is 12.8. The first kappa shape index (κ1) is 16.6. The van der Waals surface area contributed by atoms with Gasteiger partial charge in [0, 0.05) is 31.9 Å². The van der Waals surface area contributed by atoms with Crippen LogP contribution in [0.2, 0.25) is 0 Å². The van der Waals surface area contributed by atoms with Crippen molar-refractivity contribution in [1.82, 2.24) is 4.90 Å². The average Bonchev–Trinajstić information content (AvgIpc) is 2.59. The van der Waals surface area contributed by atoms with E-state index in [-0.39, 0.29) is 5.91 Å². The third-order valence-electron chi connectivity index (χ3n) is 4.28. The van der Waals surface area contributed by atoms with Crippen molar-refractivity contribution in [1.29, 1.82) is 0 Å². The minimum atomic E-state index is -4.34. The van der Waals surface area contributed by atoms with Crippen molar-refractivity contribution in [2.24, 2.45) is 0 Å². The Morgan fingerprint density at radius 2 is 1.62 bits per heavy atom. The molecule has 0 spiro atoms. The van der Waals surface area contributed by atoms with Crippen molar-refractivity contribution in [2.45, 2.75) is 6.18 Å². The van der Waals surface area contributed by atoms with Crippen LogP contribution in [0.25, 0.3) is 10.8 Å². The largest absolute Gasteiger partial charge is 0.416 e. The number of nitrogens with zero attached hydrogens (tertiary/aromatic N) is 2. The number of aliphatic hydroxyl groups is 1. The number of rotatable bonds is 2. The lowest BCUT2D eigenvalue weighted by Crippen LogP contribution is -2.49. The number of fused-ring (bicyclic) bond motifs is 1. The highest BCUT2D eigenvalue weighted by atomic mass is 19.4. The second-order valence-electron chi connectivity index (χ2n) is 5.77. The molecule has 0 atom stereocenters. The van der Waals surface area contributed by atoms with Crippen LogP contribution in [0.1, 0.15) is 5.56 Å².